The number of sulfonamides is 1. The molecule has 2 heterocycles. The summed E-state index contributed by atoms with van der Waals surface area (Å²) in [6.07, 6.45) is 0. The molecule has 1 aliphatic rings. The van der Waals surface area contributed by atoms with Crippen molar-refractivity contribution in [1.82, 2.24) is 9.21 Å². The Kier molecular flexibility index (Phi) is 7.11. The van der Waals surface area contributed by atoms with Crippen LogP contribution in [0.2, 0.25) is 0 Å². The number of carbonyl (C=O) groups excluding carboxylic acids is 2. The second kappa shape index (κ2) is 9.41. The molecule has 0 spiro atoms. The monoisotopic (exact) mass is 476 g/mol. The number of piperazine rings is 1. The van der Waals surface area contributed by atoms with Crippen LogP contribution in [0.1, 0.15) is 20.7 Å². The van der Waals surface area contributed by atoms with Crippen LogP contribution >= 0.6 is 23.1 Å². The van der Waals surface area contributed by atoms with Gasteiger partial charge in [-0.1, -0.05) is 11.8 Å². The Balaban J connectivity index is 1.63. The molecule has 0 N–H and O–H groups in total. The summed E-state index contributed by atoms with van der Waals surface area (Å²) in [4.78, 5) is 26.1. The number of thioether (sulfide) groups is 1. The number of ether oxygens (including phenoxy) is 1. The van der Waals surface area contributed by atoms with E-state index in [9.17, 15) is 26.8 Å². The highest BCUT2D eigenvalue weighted by atomic mass is 32.2. The maximum atomic E-state index is 12.8. The number of rotatable bonds is 6. The van der Waals surface area contributed by atoms with Crippen LogP contribution in [0.4, 0.5) is 8.78 Å². The van der Waals surface area contributed by atoms with E-state index in [0.29, 0.717) is 22.2 Å². The average Bonchev–Trinajstić information content (AvgIpc) is 3.24. The number of nitrogens with zero attached hydrogens (tertiary/aromatic N) is 2. The maximum Gasteiger partial charge on any atom is 0.338 e. The lowest BCUT2D eigenvalue weighted by atomic mass is 10.2. The summed E-state index contributed by atoms with van der Waals surface area (Å²) in [5.41, 5.74) is 0.522. The first-order valence-electron chi connectivity index (χ1n) is 8.73. The average molecular weight is 477 g/mol. The third-order valence-corrected chi connectivity index (χ3v) is 8.48. The molecular weight excluding hydrogens is 458 g/mol. The maximum absolute atomic E-state index is 12.8. The molecule has 1 fully saturated rings. The zero-order chi connectivity index (χ0) is 21.9. The first-order valence-corrected chi connectivity index (χ1v) is 11.9. The number of carbonyl (C=O) groups is 2. The minimum Gasteiger partial charge on any atom is -0.465 e. The summed E-state index contributed by atoms with van der Waals surface area (Å²) in [6, 6.07) is 7.16. The Morgan fingerprint density at radius 2 is 1.73 bits per heavy atom. The minimum atomic E-state index is -3.78. The number of esters is 1. The topological polar surface area (TPSA) is 84.0 Å². The van der Waals surface area contributed by atoms with Crippen LogP contribution in [0.25, 0.3) is 0 Å². The second-order valence-electron chi connectivity index (χ2n) is 6.25. The van der Waals surface area contributed by atoms with Crippen molar-refractivity contribution < 1.29 is 31.5 Å². The van der Waals surface area contributed by atoms with Gasteiger partial charge in [-0.15, -0.1) is 11.3 Å². The molecule has 3 rings (SSSR count). The van der Waals surface area contributed by atoms with Gasteiger partial charge in [-0.2, -0.15) is 13.1 Å². The molecule has 2 aromatic rings. The Labute approximate surface area is 180 Å². The smallest absolute Gasteiger partial charge is 0.338 e. The van der Waals surface area contributed by atoms with Gasteiger partial charge in [-0.3, -0.25) is 4.79 Å². The van der Waals surface area contributed by atoms with E-state index in [1.54, 1.807) is 0 Å². The largest absolute Gasteiger partial charge is 0.465 e. The van der Waals surface area contributed by atoms with Crippen LogP contribution in [-0.2, 0) is 14.8 Å². The second-order valence-corrected chi connectivity index (χ2v) is 10.4. The van der Waals surface area contributed by atoms with Crippen LogP contribution in [0.15, 0.2) is 44.8 Å². The zero-order valence-electron chi connectivity index (χ0n) is 15.8. The van der Waals surface area contributed by atoms with Crippen LogP contribution in [-0.4, -0.2) is 68.5 Å². The third-order valence-electron chi connectivity index (χ3n) is 4.44. The van der Waals surface area contributed by atoms with Gasteiger partial charge < -0.3 is 9.64 Å². The molecule has 0 radical (unpaired) electrons. The van der Waals surface area contributed by atoms with Crippen molar-refractivity contribution in [3.63, 3.8) is 0 Å². The van der Waals surface area contributed by atoms with E-state index in [0.717, 1.165) is 11.3 Å². The van der Waals surface area contributed by atoms with Crippen molar-refractivity contribution in [2.75, 3.05) is 33.3 Å². The molecule has 0 bridgehead atoms. The van der Waals surface area contributed by atoms with Gasteiger partial charge in [0.1, 0.15) is 4.21 Å². The van der Waals surface area contributed by atoms with E-state index in [1.165, 1.54) is 52.0 Å². The van der Waals surface area contributed by atoms with Gasteiger partial charge in [-0.25, -0.2) is 13.2 Å². The van der Waals surface area contributed by atoms with Crippen molar-refractivity contribution >= 4 is 45.0 Å². The molecule has 7 nitrogen and oxygen atoms in total. The molecule has 0 atom stereocenters. The predicted octanol–water partition coefficient (Wildman–Crippen LogP) is 3.00. The Hall–Kier alpha value is -2.02. The third kappa shape index (κ3) is 4.99. The highest BCUT2D eigenvalue weighted by Crippen LogP contribution is 2.27. The SMILES string of the molecule is COC(=O)c1csc(S(=O)(=O)N2CCN(C(=O)c3ccc(SC(F)F)cc3)CC2)c1. The van der Waals surface area contributed by atoms with Crippen LogP contribution in [0, 0.1) is 0 Å². The Morgan fingerprint density at radius 1 is 1.10 bits per heavy atom. The van der Waals surface area contributed by atoms with Crippen molar-refractivity contribution in [1.29, 1.82) is 0 Å². The van der Waals surface area contributed by atoms with Crippen LogP contribution < -0.4 is 0 Å². The van der Waals surface area contributed by atoms with E-state index in [-0.39, 0.29) is 41.9 Å². The summed E-state index contributed by atoms with van der Waals surface area (Å²) in [6.45, 7) is 0.610. The van der Waals surface area contributed by atoms with E-state index >= 15 is 0 Å². The number of hydrogen-bond acceptors (Lipinski definition) is 7. The van der Waals surface area contributed by atoms with E-state index in [2.05, 4.69) is 4.74 Å². The van der Waals surface area contributed by atoms with E-state index in [4.69, 9.17) is 0 Å². The Morgan fingerprint density at radius 3 is 2.30 bits per heavy atom. The zero-order valence-corrected chi connectivity index (χ0v) is 18.2. The number of amides is 1. The van der Waals surface area contributed by atoms with Gasteiger partial charge >= 0.3 is 5.97 Å². The molecule has 1 amide bonds. The van der Waals surface area contributed by atoms with Gasteiger partial charge in [0.2, 0.25) is 0 Å². The number of methoxy groups -OCH3 is 1. The van der Waals surface area contributed by atoms with Crippen molar-refractivity contribution in [3.8, 4) is 0 Å². The molecule has 12 heteroatoms. The normalized spacial score (nSPS) is 15.4. The summed E-state index contributed by atoms with van der Waals surface area (Å²) in [7, 11) is -2.56. The molecule has 1 aliphatic heterocycles. The molecule has 0 aliphatic carbocycles. The lowest BCUT2D eigenvalue weighted by Gasteiger charge is -2.33. The summed E-state index contributed by atoms with van der Waals surface area (Å²) >= 11 is 1.34. The van der Waals surface area contributed by atoms with Crippen LogP contribution in [0.3, 0.4) is 0 Å². The predicted molar refractivity (Wildman–Crippen MR) is 109 cm³/mol. The van der Waals surface area contributed by atoms with E-state index in [1.807, 2.05) is 0 Å². The highest BCUT2D eigenvalue weighted by Gasteiger charge is 2.32. The summed E-state index contributed by atoms with van der Waals surface area (Å²) < 4.78 is 56.3. The first kappa shape index (κ1) is 22.7. The Bertz CT molecular complexity index is 1020. The van der Waals surface area contributed by atoms with Gasteiger partial charge in [0.05, 0.1) is 12.7 Å². The summed E-state index contributed by atoms with van der Waals surface area (Å²) in [5.74, 6) is -3.43. The lowest BCUT2D eigenvalue weighted by Crippen LogP contribution is -2.50. The van der Waals surface area contributed by atoms with Crippen molar-refractivity contribution in [3.05, 3.63) is 46.8 Å². The highest BCUT2D eigenvalue weighted by molar-refractivity contribution is 7.99. The van der Waals surface area contributed by atoms with E-state index < -0.39 is 21.8 Å². The molecule has 30 heavy (non-hydrogen) atoms. The van der Waals surface area contributed by atoms with Gasteiger partial charge in [0.15, 0.2) is 0 Å². The fourth-order valence-electron chi connectivity index (χ4n) is 2.90. The summed E-state index contributed by atoms with van der Waals surface area (Å²) in [5, 5.41) is 1.43. The van der Waals surface area contributed by atoms with Crippen LogP contribution in [0.5, 0.6) is 0 Å². The molecule has 0 unspecified atom stereocenters. The lowest BCUT2D eigenvalue weighted by molar-refractivity contribution is 0.0600. The minimum absolute atomic E-state index is 0.0368. The van der Waals surface area contributed by atoms with Gasteiger partial charge in [0.25, 0.3) is 21.7 Å². The molecular formula is C18H18F2N2O5S3. The van der Waals surface area contributed by atoms with Crippen molar-refractivity contribution in [2.45, 2.75) is 14.9 Å². The molecule has 1 aromatic carbocycles. The molecule has 1 saturated heterocycles. The van der Waals surface area contributed by atoms with Gasteiger partial charge in [-0.05, 0) is 30.3 Å². The fourth-order valence-corrected chi connectivity index (χ4v) is 6.12. The quantitative estimate of drug-likeness (QED) is 0.471. The number of halogens is 2. The fraction of sp³-hybridized carbons (Fsp3) is 0.333. The number of hydrogen-bond donors (Lipinski definition) is 0. The molecule has 0 saturated carbocycles. The first-order chi connectivity index (χ1) is 14.2. The number of benzene rings is 1. The van der Waals surface area contributed by atoms with Crippen molar-refractivity contribution in [2.24, 2.45) is 0 Å². The molecule has 162 valence electrons. The van der Waals surface area contributed by atoms with Gasteiger partial charge in [0, 0.05) is 42.0 Å². The standard InChI is InChI=1S/C18H18F2N2O5S3/c1-27-17(24)13-10-15(28-11-13)30(25,26)22-8-6-21(7-9-22)16(23)12-2-4-14(5-3-12)29-18(19)20/h2-5,10-11,18H,6-9H2,1H3. The number of alkyl halides is 2. The number of thiophene rings is 1. The molecule has 1 aromatic heterocycles.